The molecule has 2 aliphatic carbocycles. The topological polar surface area (TPSA) is 29.1 Å². The van der Waals surface area contributed by atoms with Crippen molar-refractivity contribution >= 4 is 5.91 Å². The molecule has 1 atom stereocenters. The van der Waals surface area contributed by atoms with Crippen LogP contribution in [0.1, 0.15) is 39.5 Å². The van der Waals surface area contributed by atoms with Crippen molar-refractivity contribution in [3.8, 4) is 0 Å². The second-order valence-electron chi connectivity index (χ2n) is 5.29. The van der Waals surface area contributed by atoms with Crippen molar-refractivity contribution in [2.75, 3.05) is 6.54 Å². The van der Waals surface area contributed by atoms with E-state index < -0.39 is 0 Å². The van der Waals surface area contributed by atoms with Crippen molar-refractivity contribution in [3.05, 3.63) is 0 Å². The zero-order valence-corrected chi connectivity index (χ0v) is 8.60. The fraction of sp³-hybridized carbons (Fsp3) is 0.909. The van der Waals surface area contributed by atoms with E-state index in [-0.39, 0.29) is 11.3 Å². The van der Waals surface area contributed by atoms with Crippen molar-refractivity contribution < 1.29 is 4.79 Å². The van der Waals surface area contributed by atoms with E-state index in [1.165, 1.54) is 19.3 Å². The third kappa shape index (κ3) is 1.87. The van der Waals surface area contributed by atoms with Crippen LogP contribution in [0.25, 0.3) is 0 Å². The first-order chi connectivity index (χ1) is 6.09. The van der Waals surface area contributed by atoms with Gasteiger partial charge < -0.3 is 5.32 Å². The van der Waals surface area contributed by atoms with E-state index >= 15 is 0 Å². The molecule has 74 valence electrons. The Bertz CT molecular complexity index is 218. The Balaban J connectivity index is 1.67. The van der Waals surface area contributed by atoms with Gasteiger partial charge in [0.2, 0.25) is 5.91 Å². The van der Waals surface area contributed by atoms with Crippen molar-refractivity contribution in [2.45, 2.75) is 39.5 Å². The summed E-state index contributed by atoms with van der Waals surface area (Å²) < 4.78 is 0. The molecule has 0 spiro atoms. The van der Waals surface area contributed by atoms with Gasteiger partial charge in [-0.25, -0.2) is 0 Å². The molecular formula is C11H19NO. The number of amides is 1. The van der Waals surface area contributed by atoms with Crippen molar-refractivity contribution in [1.82, 2.24) is 5.32 Å². The lowest BCUT2D eigenvalue weighted by molar-refractivity contribution is -0.123. The van der Waals surface area contributed by atoms with Crippen LogP contribution in [0.3, 0.4) is 0 Å². The normalized spacial score (nSPS) is 30.8. The van der Waals surface area contributed by atoms with Gasteiger partial charge in [-0.05, 0) is 30.6 Å². The highest BCUT2D eigenvalue weighted by molar-refractivity contribution is 5.82. The fourth-order valence-corrected chi connectivity index (χ4v) is 1.98. The maximum atomic E-state index is 11.6. The number of hydrogen-bond donors (Lipinski definition) is 1. The summed E-state index contributed by atoms with van der Waals surface area (Å²) in [5.74, 6) is 1.37. The number of hydrogen-bond acceptors (Lipinski definition) is 1. The van der Waals surface area contributed by atoms with Gasteiger partial charge in [0.05, 0.1) is 0 Å². The molecule has 0 unspecified atom stereocenters. The van der Waals surface area contributed by atoms with E-state index in [4.69, 9.17) is 0 Å². The maximum Gasteiger partial charge on any atom is 0.223 e. The molecule has 2 heteroatoms. The SMILES string of the molecule is CC1(C)C[C@@H]1C(=O)NCC1CCC1. The average Bonchev–Trinajstić information content (AvgIpc) is 2.56. The molecule has 2 nitrogen and oxygen atoms in total. The third-order valence-corrected chi connectivity index (χ3v) is 3.62. The molecule has 13 heavy (non-hydrogen) atoms. The Morgan fingerprint density at radius 3 is 2.46 bits per heavy atom. The minimum Gasteiger partial charge on any atom is -0.356 e. The van der Waals surface area contributed by atoms with Crippen molar-refractivity contribution in [1.29, 1.82) is 0 Å². The smallest absolute Gasteiger partial charge is 0.223 e. The molecule has 2 fully saturated rings. The summed E-state index contributed by atoms with van der Waals surface area (Å²) in [4.78, 5) is 11.6. The predicted octanol–water partition coefficient (Wildman–Crippen LogP) is 1.95. The van der Waals surface area contributed by atoms with Gasteiger partial charge in [0, 0.05) is 12.5 Å². The summed E-state index contributed by atoms with van der Waals surface area (Å²) in [6.07, 6.45) is 5.06. The van der Waals surface area contributed by atoms with Gasteiger partial charge in [-0.3, -0.25) is 4.79 Å². The van der Waals surface area contributed by atoms with E-state index in [1.807, 2.05) is 0 Å². The highest BCUT2D eigenvalue weighted by Gasteiger charge is 2.50. The van der Waals surface area contributed by atoms with Crippen LogP contribution < -0.4 is 5.32 Å². The zero-order chi connectivity index (χ0) is 9.47. The first-order valence-electron chi connectivity index (χ1n) is 5.37. The second-order valence-corrected chi connectivity index (χ2v) is 5.29. The second kappa shape index (κ2) is 3.00. The molecule has 0 aromatic carbocycles. The minimum absolute atomic E-state index is 0.281. The van der Waals surface area contributed by atoms with Gasteiger partial charge in [-0.2, -0.15) is 0 Å². The Morgan fingerprint density at radius 1 is 1.46 bits per heavy atom. The van der Waals surface area contributed by atoms with Crippen LogP contribution in [0, 0.1) is 17.3 Å². The summed E-state index contributed by atoms with van der Waals surface area (Å²) in [7, 11) is 0. The van der Waals surface area contributed by atoms with Gasteiger partial charge >= 0.3 is 0 Å². The summed E-state index contributed by atoms with van der Waals surface area (Å²) >= 11 is 0. The highest BCUT2D eigenvalue weighted by Crippen LogP contribution is 2.51. The van der Waals surface area contributed by atoms with Crippen LogP contribution in [-0.2, 0) is 4.79 Å². The Morgan fingerprint density at radius 2 is 2.08 bits per heavy atom. The van der Waals surface area contributed by atoms with Crippen LogP contribution in [-0.4, -0.2) is 12.5 Å². The molecule has 1 N–H and O–H groups in total. The summed E-state index contributed by atoms with van der Waals surface area (Å²) in [5.41, 5.74) is 0.281. The first-order valence-corrected chi connectivity index (χ1v) is 5.37. The molecule has 0 radical (unpaired) electrons. The van der Waals surface area contributed by atoms with Crippen LogP contribution in [0.5, 0.6) is 0 Å². The number of carbonyl (C=O) groups is 1. The summed E-state index contributed by atoms with van der Waals surface area (Å²) in [6.45, 7) is 5.26. The van der Waals surface area contributed by atoms with Crippen molar-refractivity contribution in [3.63, 3.8) is 0 Å². The maximum absolute atomic E-state index is 11.6. The van der Waals surface area contributed by atoms with E-state index in [9.17, 15) is 4.79 Å². The Hall–Kier alpha value is -0.530. The molecule has 0 aromatic rings. The summed E-state index contributed by atoms with van der Waals surface area (Å²) in [6, 6.07) is 0. The fourth-order valence-electron chi connectivity index (χ4n) is 1.98. The monoisotopic (exact) mass is 181 g/mol. The van der Waals surface area contributed by atoms with Crippen LogP contribution >= 0.6 is 0 Å². The highest BCUT2D eigenvalue weighted by atomic mass is 16.2. The Labute approximate surface area is 80.1 Å². The molecule has 2 rings (SSSR count). The first kappa shape index (κ1) is 9.04. The van der Waals surface area contributed by atoms with Crippen LogP contribution in [0.2, 0.25) is 0 Å². The quantitative estimate of drug-likeness (QED) is 0.708. The number of carbonyl (C=O) groups excluding carboxylic acids is 1. The van der Waals surface area contributed by atoms with Gasteiger partial charge in [0.15, 0.2) is 0 Å². The number of nitrogens with one attached hydrogen (secondary N) is 1. The molecule has 0 aliphatic heterocycles. The van der Waals surface area contributed by atoms with Gasteiger partial charge in [-0.15, -0.1) is 0 Å². The van der Waals surface area contributed by atoms with E-state index in [2.05, 4.69) is 19.2 Å². The van der Waals surface area contributed by atoms with E-state index in [0.29, 0.717) is 5.92 Å². The zero-order valence-electron chi connectivity index (χ0n) is 8.60. The van der Waals surface area contributed by atoms with Crippen LogP contribution in [0.4, 0.5) is 0 Å². The summed E-state index contributed by atoms with van der Waals surface area (Å²) in [5, 5.41) is 3.06. The lowest BCUT2D eigenvalue weighted by Gasteiger charge is -2.25. The number of rotatable bonds is 3. The van der Waals surface area contributed by atoms with Gasteiger partial charge in [-0.1, -0.05) is 20.3 Å². The molecule has 1 amide bonds. The largest absolute Gasteiger partial charge is 0.356 e. The minimum atomic E-state index is 0.281. The molecule has 0 bridgehead atoms. The lowest BCUT2D eigenvalue weighted by Crippen LogP contribution is -2.33. The molecular weight excluding hydrogens is 162 g/mol. The third-order valence-electron chi connectivity index (χ3n) is 3.62. The predicted molar refractivity (Wildman–Crippen MR) is 52.2 cm³/mol. The van der Waals surface area contributed by atoms with Crippen LogP contribution in [0.15, 0.2) is 0 Å². The molecule has 0 saturated heterocycles. The lowest BCUT2D eigenvalue weighted by atomic mass is 9.85. The average molecular weight is 181 g/mol. The molecule has 0 heterocycles. The standard InChI is InChI=1S/C11H19NO/c1-11(2)6-9(11)10(13)12-7-8-4-3-5-8/h8-9H,3-7H2,1-2H3,(H,12,13)/t9-/m1/s1. The Kier molecular flexibility index (Phi) is 2.09. The van der Waals surface area contributed by atoms with E-state index in [1.54, 1.807) is 0 Å². The van der Waals surface area contributed by atoms with Crippen molar-refractivity contribution in [2.24, 2.45) is 17.3 Å². The molecule has 2 saturated carbocycles. The van der Waals surface area contributed by atoms with E-state index in [0.717, 1.165) is 18.9 Å². The van der Waals surface area contributed by atoms with Gasteiger partial charge in [0.1, 0.15) is 0 Å². The molecule has 2 aliphatic rings. The molecule has 0 aromatic heterocycles. The van der Waals surface area contributed by atoms with Gasteiger partial charge in [0.25, 0.3) is 0 Å².